The van der Waals surface area contributed by atoms with Crippen LogP contribution < -0.4 is 10.6 Å². The van der Waals surface area contributed by atoms with Crippen LogP contribution in [0.1, 0.15) is 51.4 Å². The van der Waals surface area contributed by atoms with Gasteiger partial charge in [0.15, 0.2) is 0 Å². The molecule has 0 aromatic carbocycles. The number of aromatic nitrogens is 2. The van der Waals surface area contributed by atoms with Crippen molar-refractivity contribution in [3.63, 3.8) is 0 Å². The molecule has 0 amide bonds. The highest BCUT2D eigenvalue weighted by Gasteiger charge is 2.12. The van der Waals surface area contributed by atoms with Crippen LogP contribution in [-0.2, 0) is 0 Å². The van der Waals surface area contributed by atoms with E-state index in [1.165, 1.54) is 0 Å². The molecule has 0 spiro atoms. The number of hydrogen-bond donors (Lipinski definition) is 1. The largest absolute Gasteiger partial charge is 0.344 e. The summed E-state index contributed by atoms with van der Waals surface area (Å²) < 4.78 is 0. The number of rotatable bonds is 6. The zero-order chi connectivity index (χ0) is 14.6. The van der Waals surface area contributed by atoms with Gasteiger partial charge in [-0.1, -0.05) is 27.7 Å². The van der Waals surface area contributed by atoms with Gasteiger partial charge >= 0.3 is 0 Å². The fraction of sp³-hybridized carbons (Fsp3) is 0.733. The minimum Gasteiger partial charge on any atom is -0.344 e. The van der Waals surface area contributed by atoms with Gasteiger partial charge in [-0.15, -0.1) is 0 Å². The summed E-state index contributed by atoms with van der Waals surface area (Å²) in [7, 11) is 2.03. The van der Waals surface area contributed by atoms with E-state index in [2.05, 4.69) is 48.6 Å². The standard InChI is InChI=1S/C15H28N4/c1-10(2)13(16)7-8-19(6)15-17-12(5)9-14(18-15)11(3)4/h9-11,13H,7-8,16H2,1-6H3. The van der Waals surface area contributed by atoms with Gasteiger partial charge in [0.05, 0.1) is 0 Å². The van der Waals surface area contributed by atoms with Crippen LogP contribution in [0.2, 0.25) is 0 Å². The van der Waals surface area contributed by atoms with Crippen LogP contribution in [0.25, 0.3) is 0 Å². The molecule has 0 bridgehead atoms. The zero-order valence-corrected chi connectivity index (χ0v) is 13.1. The summed E-state index contributed by atoms with van der Waals surface area (Å²) in [6, 6.07) is 2.29. The molecule has 2 N–H and O–H groups in total. The third-order valence-electron chi connectivity index (χ3n) is 3.45. The minimum atomic E-state index is 0.233. The van der Waals surface area contributed by atoms with Gasteiger partial charge in [0.25, 0.3) is 0 Å². The van der Waals surface area contributed by atoms with Crippen molar-refractivity contribution >= 4 is 5.95 Å². The van der Waals surface area contributed by atoms with Crippen molar-refractivity contribution in [1.82, 2.24) is 9.97 Å². The fourth-order valence-electron chi connectivity index (χ4n) is 1.82. The number of anilines is 1. The highest BCUT2D eigenvalue weighted by molar-refractivity contribution is 5.31. The molecule has 4 nitrogen and oxygen atoms in total. The number of nitrogens with zero attached hydrogens (tertiary/aromatic N) is 3. The second kappa shape index (κ2) is 6.85. The Hall–Kier alpha value is -1.16. The van der Waals surface area contributed by atoms with Crippen LogP contribution >= 0.6 is 0 Å². The van der Waals surface area contributed by atoms with Crippen LogP contribution in [0.3, 0.4) is 0 Å². The normalized spacial score (nSPS) is 13.1. The Morgan fingerprint density at radius 3 is 2.37 bits per heavy atom. The first-order chi connectivity index (χ1) is 8.81. The van der Waals surface area contributed by atoms with Gasteiger partial charge < -0.3 is 10.6 Å². The molecule has 0 fully saturated rings. The molecule has 1 rings (SSSR count). The van der Waals surface area contributed by atoms with Crippen molar-refractivity contribution in [2.75, 3.05) is 18.5 Å². The van der Waals surface area contributed by atoms with Crippen molar-refractivity contribution in [3.8, 4) is 0 Å². The summed E-state index contributed by atoms with van der Waals surface area (Å²) in [4.78, 5) is 11.2. The molecule has 0 saturated carbocycles. The average Bonchev–Trinajstić information content (AvgIpc) is 2.34. The minimum absolute atomic E-state index is 0.233. The molecule has 1 aromatic rings. The van der Waals surface area contributed by atoms with Crippen molar-refractivity contribution in [2.24, 2.45) is 11.7 Å². The van der Waals surface area contributed by atoms with Gasteiger partial charge in [0.2, 0.25) is 5.95 Å². The van der Waals surface area contributed by atoms with Gasteiger partial charge in [0.1, 0.15) is 0 Å². The average molecular weight is 264 g/mol. The predicted molar refractivity (Wildman–Crippen MR) is 81.6 cm³/mol. The summed E-state index contributed by atoms with van der Waals surface area (Å²) in [6.07, 6.45) is 0.961. The Balaban J connectivity index is 2.74. The molecule has 1 atom stereocenters. The van der Waals surface area contributed by atoms with Gasteiger partial charge in [-0.05, 0) is 31.2 Å². The van der Waals surface area contributed by atoms with E-state index in [1.807, 2.05) is 14.0 Å². The first-order valence-corrected chi connectivity index (χ1v) is 7.13. The summed E-state index contributed by atoms with van der Waals surface area (Å²) >= 11 is 0. The quantitative estimate of drug-likeness (QED) is 0.858. The molecule has 0 aliphatic carbocycles. The van der Waals surface area contributed by atoms with Gasteiger partial charge in [-0.2, -0.15) is 0 Å². The maximum absolute atomic E-state index is 6.08. The van der Waals surface area contributed by atoms with Gasteiger partial charge in [0, 0.05) is 31.0 Å². The molecular weight excluding hydrogens is 236 g/mol. The summed E-state index contributed by atoms with van der Waals surface area (Å²) in [5, 5.41) is 0. The second-order valence-corrected chi connectivity index (χ2v) is 6.01. The molecule has 1 heterocycles. The van der Waals surface area contributed by atoms with Crippen molar-refractivity contribution in [3.05, 3.63) is 17.5 Å². The Morgan fingerprint density at radius 2 is 1.84 bits per heavy atom. The predicted octanol–water partition coefficient (Wildman–Crippen LogP) is 2.72. The molecule has 0 radical (unpaired) electrons. The summed E-state index contributed by atoms with van der Waals surface area (Å²) in [5.41, 5.74) is 8.20. The van der Waals surface area contributed by atoms with Crippen molar-refractivity contribution in [2.45, 2.75) is 53.0 Å². The summed E-state index contributed by atoms with van der Waals surface area (Å²) in [6.45, 7) is 11.5. The lowest BCUT2D eigenvalue weighted by Crippen LogP contribution is -2.32. The molecule has 19 heavy (non-hydrogen) atoms. The van der Waals surface area contributed by atoms with Gasteiger partial charge in [-0.3, -0.25) is 0 Å². The molecule has 0 aliphatic rings. The van der Waals surface area contributed by atoms with Crippen LogP contribution in [0.15, 0.2) is 6.07 Å². The molecule has 1 aromatic heterocycles. The fourth-order valence-corrected chi connectivity index (χ4v) is 1.82. The van der Waals surface area contributed by atoms with E-state index in [4.69, 9.17) is 5.73 Å². The monoisotopic (exact) mass is 264 g/mol. The van der Waals surface area contributed by atoms with Crippen LogP contribution in [0, 0.1) is 12.8 Å². The van der Waals surface area contributed by atoms with Crippen LogP contribution in [0.5, 0.6) is 0 Å². The smallest absolute Gasteiger partial charge is 0.225 e. The maximum atomic E-state index is 6.08. The lowest BCUT2D eigenvalue weighted by molar-refractivity contribution is 0.465. The topological polar surface area (TPSA) is 55.0 Å². The molecule has 0 aliphatic heterocycles. The van der Waals surface area contributed by atoms with Crippen LogP contribution in [0.4, 0.5) is 5.95 Å². The summed E-state index contributed by atoms with van der Waals surface area (Å²) in [5.74, 6) is 1.74. The Morgan fingerprint density at radius 1 is 1.21 bits per heavy atom. The Bertz CT molecular complexity index is 401. The number of aryl methyl sites for hydroxylation is 1. The first kappa shape index (κ1) is 15.9. The van der Waals surface area contributed by atoms with E-state index < -0.39 is 0 Å². The Labute approximate surface area is 117 Å². The van der Waals surface area contributed by atoms with E-state index >= 15 is 0 Å². The van der Waals surface area contributed by atoms with Crippen molar-refractivity contribution in [1.29, 1.82) is 0 Å². The van der Waals surface area contributed by atoms with E-state index in [-0.39, 0.29) is 6.04 Å². The number of nitrogens with two attached hydrogens (primary N) is 1. The van der Waals surface area contributed by atoms with Crippen molar-refractivity contribution < 1.29 is 0 Å². The first-order valence-electron chi connectivity index (χ1n) is 7.13. The highest BCUT2D eigenvalue weighted by Crippen LogP contribution is 2.16. The molecule has 1 unspecified atom stereocenters. The van der Waals surface area contributed by atoms with E-state index in [1.54, 1.807) is 0 Å². The SMILES string of the molecule is Cc1cc(C(C)C)nc(N(C)CCC(N)C(C)C)n1. The highest BCUT2D eigenvalue weighted by atomic mass is 15.2. The third-order valence-corrected chi connectivity index (χ3v) is 3.45. The lowest BCUT2D eigenvalue weighted by Gasteiger charge is -2.22. The second-order valence-electron chi connectivity index (χ2n) is 6.01. The third kappa shape index (κ3) is 4.78. The van der Waals surface area contributed by atoms with E-state index in [9.17, 15) is 0 Å². The molecule has 108 valence electrons. The molecule has 0 saturated heterocycles. The van der Waals surface area contributed by atoms with Gasteiger partial charge in [-0.25, -0.2) is 9.97 Å². The molecular formula is C15H28N4. The molecule has 4 heteroatoms. The van der Waals surface area contributed by atoms with E-state index in [0.717, 1.165) is 30.3 Å². The number of hydrogen-bond acceptors (Lipinski definition) is 4. The Kier molecular flexibility index (Phi) is 5.73. The van der Waals surface area contributed by atoms with Crippen LogP contribution in [-0.4, -0.2) is 29.6 Å². The lowest BCUT2D eigenvalue weighted by atomic mass is 10.0. The zero-order valence-electron chi connectivity index (χ0n) is 13.1. The van der Waals surface area contributed by atoms with E-state index in [0.29, 0.717) is 11.8 Å². The maximum Gasteiger partial charge on any atom is 0.225 e.